The summed E-state index contributed by atoms with van der Waals surface area (Å²) in [7, 11) is -0.464. The van der Waals surface area contributed by atoms with Gasteiger partial charge in [0.05, 0.1) is 10.4 Å². The van der Waals surface area contributed by atoms with Crippen molar-refractivity contribution in [1.29, 1.82) is 0 Å². The van der Waals surface area contributed by atoms with Crippen molar-refractivity contribution >= 4 is 28.3 Å². The zero-order chi connectivity index (χ0) is 15.6. The Kier molecular flexibility index (Phi) is 6.82. The van der Waals surface area contributed by atoms with Crippen LogP contribution in [0, 0.1) is 0 Å². The van der Waals surface area contributed by atoms with Crippen LogP contribution in [0.2, 0.25) is 0 Å². The van der Waals surface area contributed by atoms with Crippen molar-refractivity contribution in [3.8, 4) is 0 Å². The third kappa shape index (κ3) is 5.28. The molecule has 120 valence electrons. The second kappa shape index (κ2) is 7.22. The number of nitrogens with one attached hydrogen (secondary N) is 1. The third-order valence-corrected chi connectivity index (χ3v) is 4.57. The average Bonchev–Trinajstić information content (AvgIpc) is 2.35. The van der Waals surface area contributed by atoms with Gasteiger partial charge in [0, 0.05) is 20.6 Å². The van der Waals surface area contributed by atoms with Gasteiger partial charge in [0.25, 0.3) is 0 Å². The van der Waals surface area contributed by atoms with Crippen LogP contribution < -0.4 is 11.1 Å². The molecule has 0 unspecified atom stereocenters. The van der Waals surface area contributed by atoms with Gasteiger partial charge in [-0.1, -0.05) is 12.1 Å². The molecule has 0 aliphatic rings. The number of nitrogens with two attached hydrogens (primary N) is 1. The highest BCUT2D eigenvalue weighted by Gasteiger charge is 2.21. The van der Waals surface area contributed by atoms with E-state index in [1.807, 2.05) is 0 Å². The Labute approximate surface area is 132 Å². The van der Waals surface area contributed by atoms with Gasteiger partial charge in [-0.05, 0) is 31.5 Å². The summed E-state index contributed by atoms with van der Waals surface area (Å²) < 4.78 is 24.9. The molecule has 0 saturated carbocycles. The highest BCUT2D eigenvalue weighted by molar-refractivity contribution is 7.89. The molecule has 21 heavy (non-hydrogen) atoms. The van der Waals surface area contributed by atoms with Crippen molar-refractivity contribution in [3.05, 3.63) is 29.8 Å². The van der Waals surface area contributed by atoms with Crippen LogP contribution in [0.5, 0.6) is 0 Å². The molecule has 0 saturated heterocycles. The van der Waals surface area contributed by atoms with Crippen molar-refractivity contribution in [1.82, 2.24) is 9.62 Å². The Morgan fingerprint density at radius 1 is 1.24 bits per heavy atom. The number of halogens is 1. The standard InChI is InChI=1S/C13H21N3O3S.ClH/c1-13(2,14)12(17)15-9-10-5-7-11(8-6-10)20(18,19)16(3)4;/h5-8H,9,14H2,1-4H3,(H,15,17);1H. The summed E-state index contributed by atoms with van der Waals surface area (Å²) in [5.74, 6) is -0.262. The van der Waals surface area contributed by atoms with E-state index in [1.165, 1.54) is 26.2 Å². The largest absolute Gasteiger partial charge is 0.350 e. The van der Waals surface area contributed by atoms with E-state index in [-0.39, 0.29) is 23.2 Å². The van der Waals surface area contributed by atoms with Gasteiger partial charge in [0.1, 0.15) is 0 Å². The van der Waals surface area contributed by atoms with Gasteiger partial charge >= 0.3 is 0 Å². The lowest BCUT2D eigenvalue weighted by atomic mass is 10.1. The van der Waals surface area contributed by atoms with Gasteiger partial charge in [0.15, 0.2) is 0 Å². The first-order valence-corrected chi connectivity index (χ1v) is 7.58. The normalized spacial score (nSPS) is 11.9. The number of sulfonamides is 1. The molecule has 0 radical (unpaired) electrons. The van der Waals surface area contributed by atoms with Gasteiger partial charge in [0.2, 0.25) is 15.9 Å². The number of nitrogens with zero attached hydrogens (tertiary/aromatic N) is 1. The molecule has 1 aromatic rings. The second-order valence-electron chi connectivity index (χ2n) is 5.34. The fourth-order valence-electron chi connectivity index (χ4n) is 1.40. The van der Waals surface area contributed by atoms with E-state index >= 15 is 0 Å². The molecule has 0 aromatic heterocycles. The summed E-state index contributed by atoms with van der Waals surface area (Å²) in [5, 5.41) is 2.70. The Balaban J connectivity index is 0.00000400. The topological polar surface area (TPSA) is 92.5 Å². The fourth-order valence-corrected chi connectivity index (χ4v) is 2.30. The maximum atomic E-state index is 11.9. The zero-order valence-corrected chi connectivity index (χ0v) is 14.2. The molecule has 0 bridgehead atoms. The highest BCUT2D eigenvalue weighted by atomic mass is 35.5. The van der Waals surface area contributed by atoms with E-state index in [0.29, 0.717) is 6.54 Å². The second-order valence-corrected chi connectivity index (χ2v) is 7.49. The molecule has 0 atom stereocenters. The Hall–Kier alpha value is -1.15. The zero-order valence-electron chi connectivity index (χ0n) is 12.6. The van der Waals surface area contributed by atoms with Gasteiger partial charge in [-0.15, -0.1) is 12.4 Å². The predicted octanol–water partition coefficient (Wildman–Crippen LogP) is 0.712. The Morgan fingerprint density at radius 2 is 1.71 bits per heavy atom. The van der Waals surface area contributed by atoms with Gasteiger partial charge in [-0.3, -0.25) is 4.79 Å². The van der Waals surface area contributed by atoms with Crippen molar-refractivity contribution < 1.29 is 13.2 Å². The fraction of sp³-hybridized carbons (Fsp3) is 0.462. The summed E-state index contributed by atoms with van der Waals surface area (Å²) in [4.78, 5) is 11.8. The lowest BCUT2D eigenvalue weighted by molar-refractivity contribution is -0.125. The number of benzene rings is 1. The minimum Gasteiger partial charge on any atom is -0.350 e. The molecule has 3 N–H and O–H groups in total. The van der Waals surface area contributed by atoms with Crippen LogP contribution >= 0.6 is 12.4 Å². The van der Waals surface area contributed by atoms with E-state index in [4.69, 9.17) is 5.73 Å². The minimum atomic E-state index is -3.42. The predicted molar refractivity (Wildman–Crippen MR) is 84.7 cm³/mol. The van der Waals surface area contributed by atoms with Crippen LogP contribution in [0.4, 0.5) is 0 Å². The van der Waals surface area contributed by atoms with Crippen LogP contribution in [0.25, 0.3) is 0 Å². The van der Waals surface area contributed by atoms with Crippen LogP contribution in [0.15, 0.2) is 29.2 Å². The van der Waals surface area contributed by atoms with Gasteiger partial charge in [-0.2, -0.15) is 0 Å². The summed E-state index contributed by atoms with van der Waals surface area (Å²) in [6.07, 6.45) is 0. The molecule has 6 nitrogen and oxygen atoms in total. The molecule has 0 fully saturated rings. The van der Waals surface area contributed by atoms with Crippen LogP contribution in [0.3, 0.4) is 0 Å². The summed E-state index contributed by atoms with van der Waals surface area (Å²) in [6.45, 7) is 3.55. The minimum absolute atomic E-state index is 0. The summed E-state index contributed by atoms with van der Waals surface area (Å²) in [6, 6.07) is 6.37. The SMILES string of the molecule is CN(C)S(=O)(=O)c1ccc(CNC(=O)C(C)(C)N)cc1.Cl. The van der Waals surface area contributed by atoms with Crippen molar-refractivity contribution in [2.75, 3.05) is 14.1 Å². The first-order valence-electron chi connectivity index (χ1n) is 6.14. The van der Waals surface area contributed by atoms with Crippen LogP contribution in [-0.4, -0.2) is 38.3 Å². The summed E-state index contributed by atoms with van der Waals surface area (Å²) >= 11 is 0. The smallest absolute Gasteiger partial charge is 0.242 e. The number of rotatable bonds is 5. The van der Waals surface area contributed by atoms with Crippen LogP contribution in [-0.2, 0) is 21.4 Å². The van der Waals surface area contributed by atoms with E-state index < -0.39 is 15.6 Å². The third-order valence-electron chi connectivity index (χ3n) is 2.74. The molecule has 1 amide bonds. The molecule has 0 spiro atoms. The number of hydrogen-bond acceptors (Lipinski definition) is 4. The number of hydrogen-bond donors (Lipinski definition) is 2. The lowest BCUT2D eigenvalue weighted by Gasteiger charge is -2.18. The van der Waals surface area contributed by atoms with Gasteiger partial charge < -0.3 is 11.1 Å². The summed E-state index contributed by atoms with van der Waals surface area (Å²) in [5.41, 5.74) is 5.53. The molecule has 0 heterocycles. The lowest BCUT2D eigenvalue weighted by Crippen LogP contribution is -2.48. The van der Waals surface area contributed by atoms with E-state index in [0.717, 1.165) is 9.87 Å². The maximum absolute atomic E-state index is 11.9. The van der Waals surface area contributed by atoms with Crippen molar-refractivity contribution in [3.63, 3.8) is 0 Å². The molecular formula is C13H22ClN3O3S. The highest BCUT2D eigenvalue weighted by Crippen LogP contribution is 2.14. The molecule has 0 aliphatic heterocycles. The molecule has 1 aromatic carbocycles. The molecule has 1 rings (SSSR count). The first-order chi connectivity index (χ1) is 9.05. The monoisotopic (exact) mass is 335 g/mol. The van der Waals surface area contributed by atoms with E-state index in [9.17, 15) is 13.2 Å². The molecular weight excluding hydrogens is 314 g/mol. The maximum Gasteiger partial charge on any atom is 0.242 e. The molecule has 0 aliphatic carbocycles. The molecule has 8 heteroatoms. The van der Waals surface area contributed by atoms with E-state index in [2.05, 4.69) is 5.32 Å². The average molecular weight is 336 g/mol. The number of carbonyl (C=O) groups excluding carboxylic acids is 1. The number of carbonyl (C=O) groups is 1. The van der Waals surface area contributed by atoms with Crippen molar-refractivity contribution in [2.24, 2.45) is 5.73 Å². The first kappa shape index (κ1) is 19.9. The quantitative estimate of drug-likeness (QED) is 0.829. The Bertz CT molecular complexity index is 578. The number of amides is 1. The van der Waals surface area contributed by atoms with E-state index in [1.54, 1.807) is 26.0 Å². The van der Waals surface area contributed by atoms with Crippen molar-refractivity contribution in [2.45, 2.75) is 30.8 Å². The van der Waals surface area contributed by atoms with Crippen LogP contribution in [0.1, 0.15) is 19.4 Å². The van der Waals surface area contributed by atoms with Gasteiger partial charge in [-0.25, -0.2) is 12.7 Å². The Morgan fingerprint density at radius 3 is 2.10 bits per heavy atom.